The van der Waals surface area contributed by atoms with Crippen LogP contribution >= 0.6 is 0 Å². The molecule has 0 atom stereocenters. The van der Waals surface area contributed by atoms with Gasteiger partial charge in [-0.3, -0.25) is 9.59 Å². The molecule has 0 aliphatic heterocycles. The molecule has 3 rings (SSSR count). The number of rotatable bonds is 6. The molecule has 6 heteroatoms. The molecule has 0 spiro atoms. The third-order valence-electron chi connectivity index (χ3n) is 3.82. The molecule has 1 heterocycles. The minimum absolute atomic E-state index is 0.00822. The topological polar surface area (TPSA) is 75.0 Å². The average molecular weight is 354 g/mol. The Morgan fingerprint density at radius 1 is 1.04 bits per heavy atom. The molecule has 0 radical (unpaired) electrons. The maximum atomic E-state index is 12.9. The van der Waals surface area contributed by atoms with E-state index in [0.29, 0.717) is 28.0 Å². The van der Waals surface area contributed by atoms with Gasteiger partial charge in [-0.05, 0) is 37.3 Å². The van der Waals surface area contributed by atoms with Gasteiger partial charge in [0, 0.05) is 5.56 Å². The summed E-state index contributed by atoms with van der Waals surface area (Å²) in [4.78, 5) is 24.2. The summed E-state index contributed by atoms with van der Waals surface area (Å²) in [6.07, 6.45) is 0. The molecule has 6 nitrogen and oxygen atoms in total. The van der Waals surface area contributed by atoms with Crippen LogP contribution in [0.15, 0.2) is 51.7 Å². The van der Waals surface area contributed by atoms with Crippen molar-refractivity contribution < 1.29 is 23.4 Å². The quantitative estimate of drug-likeness (QED) is 0.675. The van der Waals surface area contributed by atoms with Crippen molar-refractivity contribution in [3.63, 3.8) is 0 Å². The number of hydrogen-bond acceptors (Lipinski definition) is 6. The minimum atomic E-state index is -0.335. The standard InChI is InChI=1S/C20H18O6/c1-12(21)11-25-20-18(22)14-6-4-5-7-15(14)26-19(20)13-8-9-16(23-2)17(10-13)24-3/h4-10H,11H2,1-3H3. The Morgan fingerprint density at radius 3 is 2.46 bits per heavy atom. The van der Waals surface area contributed by atoms with Crippen LogP contribution in [0.25, 0.3) is 22.3 Å². The Kier molecular flexibility index (Phi) is 4.93. The predicted octanol–water partition coefficient (Wildman–Crippen LogP) is 3.45. The summed E-state index contributed by atoms with van der Waals surface area (Å²) in [7, 11) is 3.06. The lowest BCUT2D eigenvalue weighted by Gasteiger charge is -2.13. The van der Waals surface area contributed by atoms with Gasteiger partial charge in [-0.25, -0.2) is 0 Å². The van der Waals surface area contributed by atoms with E-state index in [1.807, 2.05) is 0 Å². The number of carbonyl (C=O) groups excluding carboxylic acids is 1. The summed E-state index contributed by atoms with van der Waals surface area (Å²) in [6, 6.07) is 12.0. The van der Waals surface area contributed by atoms with Crippen molar-refractivity contribution >= 4 is 16.8 Å². The fourth-order valence-corrected chi connectivity index (χ4v) is 2.60. The van der Waals surface area contributed by atoms with E-state index in [1.165, 1.54) is 21.1 Å². The van der Waals surface area contributed by atoms with Gasteiger partial charge in [0.2, 0.25) is 11.2 Å². The number of carbonyl (C=O) groups is 1. The molecule has 0 saturated heterocycles. The molecule has 0 N–H and O–H groups in total. The van der Waals surface area contributed by atoms with Gasteiger partial charge in [-0.2, -0.15) is 0 Å². The first-order chi connectivity index (χ1) is 12.5. The van der Waals surface area contributed by atoms with Gasteiger partial charge in [0.25, 0.3) is 0 Å². The van der Waals surface area contributed by atoms with Crippen molar-refractivity contribution in [1.82, 2.24) is 0 Å². The zero-order valence-electron chi connectivity index (χ0n) is 14.7. The molecular weight excluding hydrogens is 336 g/mol. The van der Waals surface area contributed by atoms with Crippen LogP contribution < -0.4 is 19.6 Å². The van der Waals surface area contributed by atoms with Gasteiger partial charge in [0.15, 0.2) is 23.0 Å². The van der Waals surface area contributed by atoms with E-state index in [4.69, 9.17) is 18.6 Å². The van der Waals surface area contributed by atoms with Gasteiger partial charge in [0.05, 0.1) is 19.6 Å². The number of para-hydroxylation sites is 1. The third kappa shape index (κ3) is 3.26. The van der Waals surface area contributed by atoms with Crippen LogP contribution in [0.2, 0.25) is 0 Å². The van der Waals surface area contributed by atoms with Crippen LogP contribution in [-0.4, -0.2) is 26.6 Å². The van der Waals surface area contributed by atoms with E-state index in [9.17, 15) is 9.59 Å². The summed E-state index contributed by atoms with van der Waals surface area (Å²) in [5, 5.41) is 0.385. The van der Waals surface area contributed by atoms with Crippen LogP contribution in [-0.2, 0) is 4.79 Å². The molecule has 1 aromatic heterocycles. The molecule has 0 bridgehead atoms. The van der Waals surface area contributed by atoms with Gasteiger partial charge in [-0.15, -0.1) is 0 Å². The van der Waals surface area contributed by atoms with E-state index in [1.54, 1.807) is 42.5 Å². The van der Waals surface area contributed by atoms with Crippen molar-refractivity contribution in [2.75, 3.05) is 20.8 Å². The predicted molar refractivity (Wildman–Crippen MR) is 97.2 cm³/mol. The van der Waals surface area contributed by atoms with Crippen molar-refractivity contribution in [3.8, 4) is 28.6 Å². The summed E-state index contributed by atoms with van der Waals surface area (Å²) < 4.78 is 22.0. The summed E-state index contributed by atoms with van der Waals surface area (Å²) >= 11 is 0. The summed E-state index contributed by atoms with van der Waals surface area (Å²) in [5.74, 6) is 1.06. The highest BCUT2D eigenvalue weighted by Gasteiger charge is 2.19. The molecule has 134 valence electrons. The first-order valence-electron chi connectivity index (χ1n) is 7.95. The second-order valence-corrected chi connectivity index (χ2v) is 5.65. The molecule has 0 fully saturated rings. The summed E-state index contributed by atoms with van der Waals surface area (Å²) in [5.41, 5.74) is 0.666. The molecule has 0 saturated carbocycles. The number of Topliss-reactive ketones (excluding diaryl/α,β-unsaturated/α-hetero) is 1. The number of ketones is 1. The van der Waals surface area contributed by atoms with Gasteiger partial charge in [-0.1, -0.05) is 12.1 Å². The highest BCUT2D eigenvalue weighted by Crippen LogP contribution is 2.36. The second kappa shape index (κ2) is 7.31. The Labute approximate surface area is 149 Å². The fourth-order valence-electron chi connectivity index (χ4n) is 2.60. The average Bonchev–Trinajstić information content (AvgIpc) is 2.66. The van der Waals surface area contributed by atoms with Crippen LogP contribution in [0.5, 0.6) is 17.2 Å². The normalized spacial score (nSPS) is 10.6. The molecular formula is C20H18O6. The highest BCUT2D eigenvalue weighted by atomic mass is 16.5. The molecule has 2 aromatic carbocycles. The molecule has 0 aliphatic carbocycles. The molecule has 3 aromatic rings. The van der Waals surface area contributed by atoms with E-state index in [2.05, 4.69) is 0 Å². The number of benzene rings is 2. The lowest BCUT2D eigenvalue weighted by atomic mass is 10.1. The van der Waals surface area contributed by atoms with Crippen LogP contribution in [0.1, 0.15) is 6.92 Å². The highest BCUT2D eigenvalue weighted by molar-refractivity contribution is 5.83. The van der Waals surface area contributed by atoms with Gasteiger partial charge < -0.3 is 18.6 Å². The Bertz CT molecular complexity index is 1020. The minimum Gasteiger partial charge on any atom is -0.493 e. The summed E-state index contributed by atoms with van der Waals surface area (Å²) in [6.45, 7) is 1.17. The SMILES string of the molecule is COc1ccc(-c2oc3ccccc3c(=O)c2OCC(C)=O)cc1OC. The van der Waals surface area contributed by atoms with Gasteiger partial charge in [0.1, 0.15) is 12.2 Å². The van der Waals surface area contributed by atoms with Crippen LogP contribution in [0.4, 0.5) is 0 Å². The van der Waals surface area contributed by atoms with Crippen molar-refractivity contribution in [1.29, 1.82) is 0 Å². The number of methoxy groups -OCH3 is 2. The second-order valence-electron chi connectivity index (χ2n) is 5.65. The van der Waals surface area contributed by atoms with Crippen LogP contribution in [0.3, 0.4) is 0 Å². The molecule has 26 heavy (non-hydrogen) atoms. The first-order valence-corrected chi connectivity index (χ1v) is 7.95. The van der Waals surface area contributed by atoms with Gasteiger partial charge >= 0.3 is 0 Å². The van der Waals surface area contributed by atoms with E-state index in [0.717, 1.165) is 0 Å². The Hall–Kier alpha value is -3.28. The molecule has 0 unspecified atom stereocenters. The lowest BCUT2D eigenvalue weighted by molar-refractivity contribution is -0.118. The number of fused-ring (bicyclic) bond motifs is 1. The zero-order valence-corrected chi connectivity index (χ0v) is 14.7. The molecule has 0 aliphatic rings. The third-order valence-corrected chi connectivity index (χ3v) is 3.82. The van der Waals surface area contributed by atoms with Crippen LogP contribution in [0, 0.1) is 0 Å². The van der Waals surface area contributed by atoms with E-state index < -0.39 is 0 Å². The maximum absolute atomic E-state index is 12.9. The zero-order chi connectivity index (χ0) is 18.7. The maximum Gasteiger partial charge on any atom is 0.235 e. The van der Waals surface area contributed by atoms with Crippen molar-refractivity contribution in [2.24, 2.45) is 0 Å². The number of ether oxygens (including phenoxy) is 3. The fraction of sp³-hybridized carbons (Fsp3) is 0.200. The Balaban J connectivity index is 2.24. The van der Waals surface area contributed by atoms with Crippen molar-refractivity contribution in [3.05, 3.63) is 52.7 Å². The van der Waals surface area contributed by atoms with E-state index >= 15 is 0 Å². The van der Waals surface area contributed by atoms with Crippen molar-refractivity contribution in [2.45, 2.75) is 6.92 Å². The Morgan fingerprint density at radius 2 is 1.77 bits per heavy atom. The lowest BCUT2D eigenvalue weighted by Crippen LogP contribution is -2.14. The number of hydrogen-bond donors (Lipinski definition) is 0. The monoisotopic (exact) mass is 354 g/mol. The smallest absolute Gasteiger partial charge is 0.235 e. The first kappa shape index (κ1) is 17.5. The van der Waals surface area contributed by atoms with E-state index in [-0.39, 0.29) is 29.3 Å². The largest absolute Gasteiger partial charge is 0.493 e. The molecule has 0 amide bonds.